The Morgan fingerprint density at radius 3 is 2.21 bits per heavy atom. The zero-order chi connectivity index (χ0) is 13.8. The monoisotopic (exact) mass is 256 g/mol. The lowest BCUT2D eigenvalue weighted by molar-refractivity contribution is 0.0696. The highest BCUT2D eigenvalue weighted by Gasteiger charge is 2.11. The number of carbonyl (C=O) groups excluding carboxylic acids is 1. The molecule has 0 heterocycles. The summed E-state index contributed by atoms with van der Waals surface area (Å²) >= 11 is 0. The third-order valence-electron chi connectivity index (χ3n) is 2.68. The zero-order valence-electron chi connectivity index (χ0n) is 10.3. The Morgan fingerprint density at radius 1 is 1.00 bits per heavy atom. The Kier molecular flexibility index (Phi) is 3.61. The normalized spacial score (nSPS) is 9.95. The van der Waals surface area contributed by atoms with E-state index in [4.69, 9.17) is 9.84 Å². The first-order chi connectivity index (χ1) is 9.08. The fourth-order valence-corrected chi connectivity index (χ4v) is 1.63. The maximum atomic E-state index is 11.9. The lowest BCUT2D eigenvalue weighted by atomic mass is 10.1. The molecule has 0 radical (unpaired) electrons. The van der Waals surface area contributed by atoms with Crippen LogP contribution in [0, 0.1) is 6.92 Å². The molecular weight excluding hydrogens is 244 g/mol. The molecule has 0 saturated heterocycles. The Labute approximate surface area is 110 Å². The molecule has 2 rings (SSSR count). The van der Waals surface area contributed by atoms with Gasteiger partial charge in [0.25, 0.3) is 0 Å². The molecule has 4 heteroatoms. The smallest absolute Gasteiger partial charge is 0.343 e. The maximum Gasteiger partial charge on any atom is 0.343 e. The van der Waals surface area contributed by atoms with Crippen LogP contribution in [0.4, 0.5) is 0 Å². The van der Waals surface area contributed by atoms with Crippen LogP contribution in [0.1, 0.15) is 26.3 Å². The number of carboxylic acids is 1. The maximum absolute atomic E-state index is 11.9. The fourth-order valence-electron chi connectivity index (χ4n) is 1.63. The second kappa shape index (κ2) is 5.35. The van der Waals surface area contributed by atoms with Crippen molar-refractivity contribution >= 4 is 11.9 Å². The Hall–Kier alpha value is -2.62. The van der Waals surface area contributed by atoms with Crippen LogP contribution in [0.5, 0.6) is 5.75 Å². The van der Waals surface area contributed by atoms with Crippen LogP contribution in [-0.4, -0.2) is 17.0 Å². The van der Waals surface area contributed by atoms with Gasteiger partial charge in [0.2, 0.25) is 0 Å². The highest BCUT2D eigenvalue weighted by Crippen LogP contribution is 2.15. The number of hydrogen-bond acceptors (Lipinski definition) is 3. The molecule has 0 fully saturated rings. The third kappa shape index (κ3) is 2.98. The lowest BCUT2D eigenvalue weighted by Crippen LogP contribution is -2.10. The van der Waals surface area contributed by atoms with Crippen molar-refractivity contribution in [3.63, 3.8) is 0 Å². The van der Waals surface area contributed by atoms with Gasteiger partial charge in [-0.25, -0.2) is 9.59 Å². The van der Waals surface area contributed by atoms with Crippen LogP contribution >= 0.6 is 0 Å². The second-order valence-corrected chi connectivity index (χ2v) is 4.03. The summed E-state index contributed by atoms with van der Waals surface area (Å²) in [5, 5.41) is 8.76. The fraction of sp³-hybridized carbons (Fsp3) is 0.0667. The summed E-state index contributed by atoms with van der Waals surface area (Å²) in [6.07, 6.45) is 0. The number of carboxylic acid groups (broad SMARTS) is 1. The summed E-state index contributed by atoms with van der Waals surface area (Å²) in [6, 6.07) is 12.8. The summed E-state index contributed by atoms with van der Waals surface area (Å²) in [7, 11) is 0. The van der Waals surface area contributed by atoms with Gasteiger partial charge in [-0.2, -0.15) is 0 Å². The van der Waals surface area contributed by atoms with E-state index in [0.717, 1.165) is 5.56 Å². The van der Waals surface area contributed by atoms with Gasteiger partial charge in [-0.05, 0) is 42.8 Å². The van der Waals surface area contributed by atoms with Crippen molar-refractivity contribution in [3.05, 3.63) is 65.2 Å². The largest absolute Gasteiger partial charge is 0.478 e. The van der Waals surface area contributed by atoms with Crippen LogP contribution in [0.2, 0.25) is 0 Å². The first-order valence-electron chi connectivity index (χ1n) is 5.69. The molecule has 0 saturated carbocycles. The summed E-state index contributed by atoms with van der Waals surface area (Å²) in [6.45, 7) is 1.82. The van der Waals surface area contributed by atoms with Gasteiger partial charge in [0, 0.05) is 0 Å². The van der Waals surface area contributed by atoms with Gasteiger partial charge in [0.15, 0.2) is 0 Å². The van der Waals surface area contributed by atoms with Crippen molar-refractivity contribution in [1.29, 1.82) is 0 Å². The van der Waals surface area contributed by atoms with Gasteiger partial charge in [0.1, 0.15) is 5.75 Å². The van der Waals surface area contributed by atoms with E-state index in [-0.39, 0.29) is 5.56 Å². The number of hydrogen-bond donors (Lipinski definition) is 1. The molecule has 0 amide bonds. The van der Waals surface area contributed by atoms with E-state index in [0.29, 0.717) is 11.3 Å². The minimum Gasteiger partial charge on any atom is -0.478 e. The molecule has 0 aromatic heterocycles. The molecule has 96 valence electrons. The standard InChI is InChI=1S/C15H12O4/c1-10-4-2-3-5-13(10)15(18)19-12-8-6-11(7-9-12)14(16)17/h2-9H,1H3,(H,16,17). The predicted molar refractivity (Wildman–Crippen MR) is 69.5 cm³/mol. The van der Waals surface area contributed by atoms with E-state index in [9.17, 15) is 9.59 Å². The molecule has 2 aromatic carbocycles. The number of ether oxygens (including phenoxy) is 1. The van der Waals surface area contributed by atoms with E-state index in [1.165, 1.54) is 24.3 Å². The molecule has 0 aliphatic heterocycles. The first kappa shape index (κ1) is 12.8. The van der Waals surface area contributed by atoms with Gasteiger partial charge in [-0.3, -0.25) is 0 Å². The minimum atomic E-state index is -1.02. The Bertz CT molecular complexity index is 614. The van der Waals surface area contributed by atoms with Gasteiger partial charge < -0.3 is 9.84 Å². The molecule has 0 unspecified atom stereocenters. The average Bonchev–Trinajstić information content (AvgIpc) is 2.39. The first-order valence-corrected chi connectivity index (χ1v) is 5.69. The van der Waals surface area contributed by atoms with Crippen molar-refractivity contribution in [3.8, 4) is 5.75 Å². The van der Waals surface area contributed by atoms with E-state index < -0.39 is 11.9 Å². The van der Waals surface area contributed by atoms with E-state index in [2.05, 4.69) is 0 Å². The van der Waals surface area contributed by atoms with Crippen LogP contribution in [0.25, 0.3) is 0 Å². The van der Waals surface area contributed by atoms with Gasteiger partial charge in [-0.15, -0.1) is 0 Å². The molecule has 0 bridgehead atoms. The second-order valence-electron chi connectivity index (χ2n) is 4.03. The number of benzene rings is 2. The van der Waals surface area contributed by atoms with Crippen LogP contribution in [0.15, 0.2) is 48.5 Å². The molecule has 0 atom stereocenters. The molecule has 0 aliphatic rings. The van der Waals surface area contributed by atoms with Crippen LogP contribution in [-0.2, 0) is 0 Å². The third-order valence-corrected chi connectivity index (χ3v) is 2.68. The number of esters is 1. The number of rotatable bonds is 3. The number of aromatic carboxylic acids is 1. The van der Waals surface area contributed by atoms with Gasteiger partial charge >= 0.3 is 11.9 Å². The highest BCUT2D eigenvalue weighted by atomic mass is 16.5. The SMILES string of the molecule is Cc1ccccc1C(=O)Oc1ccc(C(=O)O)cc1. The molecule has 0 spiro atoms. The molecular formula is C15H12O4. The van der Waals surface area contributed by atoms with Gasteiger partial charge in [-0.1, -0.05) is 18.2 Å². The Morgan fingerprint density at radius 2 is 1.63 bits per heavy atom. The van der Waals surface area contributed by atoms with Crippen molar-refractivity contribution < 1.29 is 19.4 Å². The molecule has 2 aromatic rings. The summed E-state index contributed by atoms with van der Waals surface area (Å²) in [5.74, 6) is -1.16. The van der Waals surface area contributed by atoms with Crippen molar-refractivity contribution in [2.24, 2.45) is 0 Å². The average molecular weight is 256 g/mol. The van der Waals surface area contributed by atoms with E-state index in [1.54, 1.807) is 12.1 Å². The van der Waals surface area contributed by atoms with E-state index >= 15 is 0 Å². The number of carbonyl (C=O) groups is 2. The van der Waals surface area contributed by atoms with Crippen LogP contribution in [0.3, 0.4) is 0 Å². The zero-order valence-corrected chi connectivity index (χ0v) is 10.3. The lowest BCUT2D eigenvalue weighted by Gasteiger charge is -2.06. The topological polar surface area (TPSA) is 63.6 Å². The van der Waals surface area contributed by atoms with Gasteiger partial charge in [0.05, 0.1) is 11.1 Å². The van der Waals surface area contributed by atoms with Crippen molar-refractivity contribution in [1.82, 2.24) is 0 Å². The summed E-state index contributed by atoms with van der Waals surface area (Å²) < 4.78 is 5.18. The minimum absolute atomic E-state index is 0.149. The van der Waals surface area contributed by atoms with Crippen molar-refractivity contribution in [2.45, 2.75) is 6.92 Å². The molecule has 19 heavy (non-hydrogen) atoms. The summed E-state index contributed by atoms with van der Waals surface area (Å²) in [5.41, 5.74) is 1.47. The van der Waals surface area contributed by atoms with E-state index in [1.807, 2.05) is 19.1 Å². The number of aryl methyl sites for hydroxylation is 1. The molecule has 0 aliphatic carbocycles. The van der Waals surface area contributed by atoms with Crippen molar-refractivity contribution in [2.75, 3.05) is 0 Å². The Balaban J connectivity index is 2.15. The molecule has 1 N–H and O–H groups in total. The highest BCUT2D eigenvalue weighted by molar-refractivity contribution is 5.92. The van der Waals surface area contributed by atoms with Crippen LogP contribution < -0.4 is 4.74 Å². The molecule has 4 nitrogen and oxygen atoms in total. The quantitative estimate of drug-likeness (QED) is 0.677. The predicted octanol–water partition coefficient (Wildman–Crippen LogP) is 2.91. The summed E-state index contributed by atoms with van der Waals surface area (Å²) in [4.78, 5) is 22.6.